The molecule has 1 aromatic carbocycles. The Morgan fingerprint density at radius 3 is 2.58 bits per heavy atom. The number of anilines is 1. The fraction of sp³-hybridized carbons (Fsp3) is 0.538. The topological polar surface area (TPSA) is 81.4 Å². The molecule has 0 spiro atoms. The van der Waals surface area contributed by atoms with Gasteiger partial charge in [0.2, 0.25) is 10.0 Å². The molecule has 1 heterocycles. The highest BCUT2D eigenvalue weighted by Crippen LogP contribution is 2.28. The van der Waals surface area contributed by atoms with Crippen LogP contribution in [0.5, 0.6) is 0 Å². The fourth-order valence-corrected chi connectivity index (χ4v) is 4.24. The predicted molar refractivity (Wildman–Crippen MR) is 74.6 cm³/mol. The van der Waals surface area contributed by atoms with Crippen molar-refractivity contribution < 1.29 is 13.2 Å². The van der Waals surface area contributed by atoms with Crippen molar-refractivity contribution in [2.75, 3.05) is 18.9 Å². The van der Waals surface area contributed by atoms with Gasteiger partial charge in [0.15, 0.2) is 0 Å². The summed E-state index contributed by atoms with van der Waals surface area (Å²) < 4.78 is 32.8. The third kappa shape index (κ3) is 2.75. The number of hydrogen-bond acceptors (Lipinski definition) is 4. The summed E-state index contributed by atoms with van der Waals surface area (Å²) in [5.41, 5.74) is 8.71. The second kappa shape index (κ2) is 5.11. The molecule has 1 aliphatic rings. The molecule has 1 unspecified atom stereocenters. The molecule has 1 fully saturated rings. The fourth-order valence-electron chi connectivity index (χ4n) is 2.50. The average Bonchev–Trinajstić information content (AvgIpc) is 2.77. The first-order valence-corrected chi connectivity index (χ1v) is 7.77. The summed E-state index contributed by atoms with van der Waals surface area (Å²) in [5, 5.41) is 0. The van der Waals surface area contributed by atoms with Crippen molar-refractivity contribution in [3.63, 3.8) is 0 Å². The number of sulfonamides is 1. The Hall–Kier alpha value is -1.11. The minimum Gasteiger partial charge on any atom is -0.398 e. The zero-order valence-corrected chi connectivity index (χ0v) is 12.3. The van der Waals surface area contributed by atoms with Gasteiger partial charge in [0, 0.05) is 18.3 Å². The van der Waals surface area contributed by atoms with Gasteiger partial charge in [0.05, 0.1) is 11.5 Å². The first-order chi connectivity index (χ1) is 8.83. The number of rotatable bonds is 3. The minimum absolute atomic E-state index is 0.147. The van der Waals surface area contributed by atoms with Crippen molar-refractivity contribution in [1.29, 1.82) is 0 Å². The lowest BCUT2D eigenvalue weighted by Gasteiger charge is -2.17. The van der Waals surface area contributed by atoms with Crippen LogP contribution < -0.4 is 10.5 Å². The van der Waals surface area contributed by atoms with Crippen molar-refractivity contribution in [1.82, 2.24) is 4.72 Å². The summed E-state index contributed by atoms with van der Waals surface area (Å²) in [5.74, 6) is 0. The summed E-state index contributed by atoms with van der Waals surface area (Å²) in [7, 11) is -3.55. The number of hydrogen-bond donors (Lipinski definition) is 2. The van der Waals surface area contributed by atoms with Gasteiger partial charge < -0.3 is 10.5 Å². The molecule has 19 heavy (non-hydrogen) atoms. The summed E-state index contributed by atoms with van der Waals surface area (Å²) >= 11 is 0. The molecule has 0 saturated carbocycles. The second-order valence-electron chi connectivity index (χ2n) is 5.06. The molecule has 1 saturated heterocycles. The highest BCUT2D eigenvalue weighted by molar-refractivity contribution is 7.89. The maximum Gasteiger partial charge on any atom is 0.241 e. The number of benzene rings is 1. The van der Waals surface area contributed by atoms with E-state index in [9.17, 15) is 8.42 Å². The SMILES string of the molecule is Cc1cc(C)c(S(=O)(=O)NC2CCOC2)c(C)c1N. The van der Waals surface area contributed by atoms with Crippen LogP contribution >= 0.6 is 0 Å². The van der Waals surface area contributed by atoms with Gasteiger partial charge in [-0.2, -0.15) is 0 Å². The van der Waals surface area contributed by atoms with Crippen molar-refractivity contribution in [2.24, 2.45) is 0 Å². The Kier molecular flexibility index (Phi) is 3.85. The van der Waals surface area contributed by atoms with Crippen molar-refractivity contribution in [2.45, 2.75) is 38.1 Å². The maximum atomic E-state index is 12.5. The molecule has 0 aromatic heterocycles. The molecule has 3 N–H and O–H groups in total. The zero-order valence-electron chi connectivity index (χ0n) is 11.5. The minimum atomic E-state index is -3.55. The van der Waals surface area contributed by atoms with Crippen LogP contribution in [0.2, 0.25) is 0 Å². The molecule has 106 valence electrons. The van der Waals surface area contributed by atoms with Gasteiger partial charge >= 0.3 is 0 Å². The van der Waals surface area contributed by atoms with Crippen LogP contribution in [0, 0.1) is 20.8 Å². The Bertz CT molecular complexity index is 590. The summed E-state index contributed by atoms with van der Waals surface area (Å²) in [6, 6.07) is 1.66. The highest BCUT2D eigenvalue weighted by Gasteiger charge is 2.27. The molecule has 2 rings (SSSR count). The van der Waals surface area contributed by atoms with E-state index in [-0.39, 0.29) is 6.04 Å². The monoisotopic (exact) mass is 284 g/mol. The van der Waals surface area contributed by atoms with E-state index in [2.05, 4.69) is 4.72 Å². The third-order valence-corrected chi connectivity index (χ3v) is 5.29. The predicted octanol–water partition coefficient (Wildman–Crippen LogP) is 1.26. The van der Waals surface area contributed by atoms with Crippen LogP contribution in [-0.4, -0.2) is 27.7 Å². The number of nitrogens with two attached hydrogens (primary N) is 1. The summed E-state index contributed by atoms with van der Waals surface area (Å²) in [6.07, 6.45) is 0.707. The van der Waals surface area contributed by atoms with E-state index < -0.39 is 10.0 Å². The molecule has 0 bridgehead atoms. The normalized spacial score (nSPS) is 19.8. The van der Waals surface area contributed by atoms with Crippen molar-refractivity contribution >= 4 is 15.7 Å². The van der Waals surface area contributed by atoms with E-state index in [4.69, 9.17) is 10.5 Å². The van der Waals surface area contributed by atoms with E-state index in [0.717, 1.165) is 11.1 Å². The number of nitrogen functional groups attached to an aromatic ring is 1. The van der Waals surface area contributed by atoms with E-state index in [0.29, 0.717) is 35.8 Å². The molecule has 0 radical (unpaired) electrons. The Balaban J connectivity index is 2.42. The van der Waals surface area contributed by atoms with E-state index in [1.807, 2.05) is 13.0 Å². The van der Waals surface area contributed by atoms with Gasteiger partial charge in [-0.3, -0.25) is 0 Å². The zero-order chi connectivity index (χ0) is 14.2. The first-order valence-electron chi connectivity index (χ1n) is 6.29. The largest absolute Gasteiger partial charge is 0.398 e. The van der Waals surface area contributed by atoms with Gasteiger partial charge in [0.1, 0.15) is 0 Å². The Morgan fingerprint density at radius 1 is 1.32 bits per heavy atom. The van der Waals surface area contributed by atoms with Crippen molar-refractivity contribution in [3.05, 3.63) is 22.8 Å². The second-order valence-corrected chi connectivity index (χ2v) is 6.71. The number of aryl methyl sites for hydroxylation is 2. The Labute approximate surface area is 114 Å². The molecule has 1 aromatic rings. The lowest BCUT2D eigenvalue weighted by molar-refractivity contribution is 0.192. The lowest BCUT2D eigenvalue weighted by atomic mass is 10.1. The van der Waals surface area contributed by atoms with Crippen LogP contribution in [0.3, 0.4) is 0 Å². The molecule has 1 atom stereocenters. The van der Waals surface area contributed by atoms with E-state index >= 15 is 0 Å². The summed E-state index contributed by atoms with van der Waals surface area (Å²) in [6.45, 7) is 6.44. The highest BCUT2D eigenvalue weighted by atomic mass is 32.2. The summed E-state index contributed by atoms with van der Waals surface area (Å²) in [4.78, 5) is 0.294. The lowest BCUT2D eigenvalue weighted by Crippen LogP contribution is -2.35. The van der Waals surface area contributed by atoms with Crippen LogP contribution in [0.15, 0.2) is 11.0 Å². The average molecular weight is 284 g/mol. The van der Waals surface area contributed by atoms with Gasteiger partial charge in [-0.15, -0.1) is 0 Å². The van der Waals surface area contributed by atoms with Crippen LogP contribution in [0.1, 0.15) is 23.1 Å². The van der Waals surface area contributed by atoms with Crippen LogP contribution in [0.25, 0.3) is 0 Å². The quantitative estimate of drug-likeness (QED) is 0.819. The van der Waals surface area contributed by atoms with Gasteiger partial charge in [0.25, 0.3) is 0 Å². The standard InChI is InChI=1S/C13H20N2O3S/c1-8-6-9(2)13(10(3)12(8)14)19(16,17)15-11-4-5-18-7-11/h6,11,15H,4-5,7,14H2,1-3H3. The molecule has 6 heteroatoms. The molecule has 5 nitrogen and oxygen atoms in total. The molecule has 1 aliphatic heterocycles. The van der Waals surface area contributed by atoms with Gasteiger partial charge in [-0.1, -0.05) is 6.07 Å². The van der Waals surface area contributed by atoms with Gasteiger partial charge in [-0.05, 0) is 43.9 Å². The molecular weight excluding hydrogens is 264 g/mol. The number of nitrogens with one attached hydrogen (secondary N) is 1. The Morgan fingerprint density at radius 2 is 2.00 bits per heavy atom. The van der Waals surface area contributed by atoms with Gasteiger partial charge in [-0.25, -0.2) is 13.1 Å². The van der Waals surface area contributed by atoms with Crippen LogP contribution in [-0.2, 0) is 14.8 Å². The third-order valence-electron chi connectivity index (χ3n) is 3.48. The van der Waals surface area contributed by atoms with E-state index in [1.165, 1.54) is 0 Å². The van der Waals surface area contributed by atoms with E-state index in [1.54, 1.807) is 13.8 Å². The smallest absolute Gasteiger partial charge is 0.241 e. The molecule has 0 amide bonds. The molecular formula is C13H20N2O3S. The van der Waals surface area contributed by atoms with Crippen molar-refractivity contribution in [3.8, 4) is 0 Å². The first kappa shape index (κ1) is 14.3. The number of ether oxygens (including phenoxy) is 1. The maximum absolute atomic E-state index is 12.5. The van der Waals surface area contributed by atoms with Crippen LogP contribution in [0.4, 0.5) is 5.69 Å². The molecule has 0 aliphatic carbocycles.